The number of hydrogen-bond acceptors (Lipinski definition) is 3. The van der Waals surface area contributed by atoms with Crippen molar-refractivity contribution in [3.05, 3.63) is 47.7 Å². The highest BCUT2D eigenvalue weighted by atomic mass is 16.3. The molecule has 0 bridgehead atoms. The molecular formula is C11H11NO3. The zero-order valence-corrected chi connectivity index (χ0v) is 8.23. The van der Waals surface area contributed by atoms with E-state index in [0.717, 1.165) is 6.08 Å². The lowest BCUT2D eigenvalue weighted by atomic mass is 10.2. The largest absolute Gasteiger partial charge is 0.512 e. The molecule has 1 aromatic rings. The molecule has 0 aromatic heterocycles. The summed E-state index contributed by atoms with van der Waals surface area (Å²) < 4.78 is 0. The standard InChI is InChI=1S/C11H11NO3/c1-8(13)7-10(14)12-11(15)9-5-3-2-4-6-9/h2-7,13H,1H3,(H,12,14,15)/b8-7-. The molecule has 78 valence electrons. The van der Waals surface area contributed by atoms with Crippen LogP contribution in [-0.2, 0) is 4.79 Å². The third-order valence-electron chi connectivity index (χ3n) is 1.61. The fourth-order valence-corrected chi connectivity index (χ4v) is 0.999. The van der Waals surface area contributed by atoms with Crippen molar-refractivity contribution in [1.82, 2.24) is 5.32 Å². The molecule has 0 saturated carbocycles. The normalized spacial score (nSPS) is 10.9. The summed E-state index contributed by atoms with van der Waals surface area (Å²) in [4.78, 5) is 22.5. The molecule has 0 aliphatic carbocycles. The average Bonchev–Trinajstić information content (AvgIpc) is 2.17. The molecule has 15 heavy (non-hydrogen) atoms. The summed E-state index contributed by atoms with van der Waals surface area (Å²) in [6.07, 6.45) is 0.945. The van der Waals surface area contributed by atoms with Crippen LogP contribution in [0.15, 0.2) is 42.2 Å². The molecule has 1 rings (SSSR count). The molecule has 2 amide bonds. The summed E-state index contributed by atoms with van der Waals surface area (Å²) >= 11 is 0. The monoisotopic (exact) mass is 205 g/mol. The van der Waals surface area contributed by atoms with E-state index in [1.807, 2.05) is 0 Å². The van der Waals surface area contributed by atoms with Crippen LogP contribution < -0.4 is 5.32 Å². The molecule has 0 spiro atoms. The Balaban J connectivity index is 2.65. The van der Waals surface area contributed by atoms with Crippen molar-refractivity contribution in [2.24, 2.45) is 0 Å². The first-order valence-electron chi connectivity index (χ1n) is 4.37. The van der Waals surface area contributed by atoms with E-state index in [0.29, 0.717) is 5.56 Å². The molecule has 4 nitrogen and oxygen atoms in total. The van der Waals surface area contributed by atoms with Gasteiger partial charge >= 0.3 is 0 Å². The number of aliphatic hydroxyl groups is 1. The van der Waals surface area contributed by atoms with Crippen LogP contribution in [0.3, 0.4) is 0 Å². The number of carbonyl (C=O) groups excluding carboxylic acids is 2. The minimum Gasteiger partial charge on any atom is -0.512 e. The van der Waals surface area contributed by atoms with E-state index in [1.54, 1.807) is 30.3 Å². The second kappa shape index (κ2) is 4.95. The van der Waals surface area contributed by atoms with Crippen LogP contribution in [0.4, 0.5) is 0 Å². The number of carbonyl (C=O) groups is 2. The van der Waals surface area contributed by atoms with Crippen LogP contribution >= 0.6 is 0 Å². The molecule has 0 fully saturated rings. The highest BCUT2D eigenvalue weighted by molar-refractivity contribution is 6.07. The van der Waals surface area contributed by atoms with E-state index in [1.165, 1.54) is 6.92 Å². The highest BCUT2D eigenvalue weighted by Gasteiger charge is 2.07. The first-order chi connectivity index (χ1) is 7.09. The van der Waals surface area contributed by atoms with Gasteiger partial charge in [0.05, 0.1) is 5.76 Å². The summed E-state index contributed by atoms with van der Waals surface area (Å²) in [5.74, 6) is -1.27. The number of hydrogen-bond donors (Lipinski definition) is 2. The Morgan fingerprint density at radius 1 is 1.27 bits per heavy atom. The number of amides is 2. The highest BCUT2D eigenvalue weighted by Crippen LogP contribution is 1.97. The first-order valence-corrected chi connectivity index (χ1v) is 4.37. The molecule has 0 aliphatic rings. The Labute approximate surface area is 87.2 Å². The van der Waals surface area contributed by atoms with E-state index in [-0.39, 0.29) is 5.76 Å². The van der Waals surface area contributed by atoms with Crippen molar-refractivity contribution in [2.45, 2.75) is 6.92 Å². The van der Waals surface area contributed by atoms with E-state index in [4.69, 9.17) is 5.11 Å². The molecule has 2 N–H and O–H groups in total. The number of aliphatic hydroxyl groups excluding tert-OH is 1. The molecule has 0 heterocycles. The summed E-state index contributed by atoms with van der Waals surface area (Å²) in [6.45, 7) is 1.35. The zero-order valence-electron chi connectivity index (χ0n) is 8.23. The van der Waals surface area contributed by atoms with Crippen LogP contribution in [0.2, 0.25) is 0 Å². The zero-order chi connectivity index (χ0) is 11.3. The van der Waals surface area contributed by atoms with E-state index < -0.39 is 11.8 Å². The third kappa shape index (κ3) is 3.64. The van der Waals surface area contributed by atoms with Gasteiger partial charge in [0.25, 0.3) is 11.8 Å². The Morgan fingerprint density at radius 2 is 1.87 bits per heavy atom. The van der Waals surface area contributed by atoms with Gasteiger partial charge in [0, 0.05) is 11.6 Å². The lowest BCUT2D eigenvalue weighted by Gasteiger charge is -2.00. The molecule has 0 saturated heterocycles. The predicted molar refractivity (Wildman–Crippen MR) is 55.3 cm³/mol. The van der Waals surface area contributed by atoms with Gasteiger partial charge in [0.15, 0.2) is 0 Å². The Hall–Kier alpha value is -2.10. The Morgan fingerprint density at radius 3 is 2.40 bits per heavy atom. The van der Waals surface area contributed by atoms with Gasteiger partial charge in [-0.25, -0.2) is 0 Å². The molecule has 0 unspecified atom stereocenters. The van der Waals surface area contributed by atoms with Crippen molar-refractivity contribution in [2.75, 3.05) is 0 Å². The summed E-state index contributed by atoms with van der Waals surface area (Å²) in [7, 11) is 0. The van der Waals surface area contributed by atoms with Crippen molar-refractivity contribution in [3.8, 4) is 0 Å². The van der Waals surface area contributed by atoms with Crippen LogP contribution in [0.25, 0.3) is 0 Å². The number of imide groups is 1. The molecule has 0 aliphatic heterocycles. The minimum absolute atomic E-state index is 0.145. The fraction of sp³-hybridized carbons (Fsp3) is 0.0909. The Bertz CT molecular complexity index is 392. The van der Waals surface area contributed by atoms with Gasteiger partial charge in [-0.05, 0) is 19.1 Å². The fourth-order valence-electron chi connectivity index (χ4n) is 0.999. The Kier molecular flexibility index (Phi) is 3.62. The predicted octanol–water partition coefficient (Wildman–Crippen LogP) is 1.40. The number of nitrogens with one attached hydrogen (secondary N) is 1. The SMILES string of the molecule is C/C(O)=C/C(=O)NC(=O)c1ccccc1. The lowest BCUT2D eigenvalue weighted by Crippen LogP contribution is -2.28. The van der Waals surface area contributed by atoms with Gasteiger partial charge < -0.3 is 5.11 Å². The number of benzene rings is 1. The third-order valence-corrected chi connectivity index (χ3v) is 1.61. The van der Waals surface area contributed by atoms with Crippen LogP contribution in [0.1, 0.15) is 17.3 Å². The van der Waals surface area contributed by atoms with Gasteiger partial charge in [-0.3, -0.25) is 14.9 Å². The average molecular weight is 205 g/mol. The number of allylic oxidation sites excluding steroid dienone is 1. The van der Waals surface area contributed by atoms with Gasteiger partial charge in [0.1, 0.15) is 0 Å². The summed E-state index contributed by atoms with van der Waals surface area (Å²) in [6, 6.07) is 8.37. The van der Waals surface area contributed by atoms with E-state index in [9.17, 15) is 9.59 Å². The second-order valence-corrected chi connectivity index (χ2v) is 2.97. The first kappa shape index (κ1) is 11.0. The molecule has 1 aromatic carbocycles. The molecule has 4 heteroatoms. The maximum absolute atomic E-state index is 11.4. The van der Waals surface area contributed by atoms with Crippen LogP contribution in [-0.4, -0.2) is 16.9 Å². The van der Waals surface area contributed by atoms with Crippen molar-refractivity contribution in [3.63, 3.8) is 0 Å². The summed E-state index contributed by atoms with van der Waals surface area (Å²) in [5.41, 5.74) is 0.398. The summed E-state index contributed by atoms with van der Waals surface area (Å²) in [5, 5.41) is 10.9. The van der Waals surface area contributed by atoms with Crippen LogP contribution in [0.5, 0.6) is 0 Å². The quantitative estimate of drug-likeness (QED) is 0.566. The topological polar surface area (TPSA) is 66.4 Å². The molecule has 0 radical (unpaired) electrons. The van der Waals surface area contributed by atoms with Crippen molar-refractivity contribution >= 4 is 11.8 Å². The number of rotatable bonds is 2. The second-order valence-electron chi connectivity index (χ2n) is 2.97. The van der Waals surface area contributed by atoms with Crippen LogP contribution in [0, 0.1) is 0 Å². The maximum Gasteiger partial charge on any atom is 0.258 e. The minimum atomic E-state index is -0.635. The molecule has 0 atom stereocenters. The molecular weight excluding hydrogens is 194 g/mol. The smallest absolute Gasteiger partial charge is 0.258 e. The van der Waals surface area contributed by atoms with Gasteiger partial charge in [0.2, 0.25) is 0 Å². The van der Waals surface area contributed by atoms with Crippen molar-refractivity contribution in [1.29, 1.82) is 0 Å². The van der Waals surface area contributed by atoms with Gasteiger partial charge in [-0.1, -0.05) is 18.2 Å². The lowest BCUT2D eigenvalue weighted by molar-refractivity contribution is -0.115. The van der Waals surface area contributed by atoms with E-state index >= 15 is 0 Å². The van der Waals surface area contributed by atoms with Gasteiger partial charge in [-0.15, -0.1) is 0 Å². The maximum atomic E-state index is 11.4. The van der Waals surface area contributed by atoms with Crippen molar-refractivity contribution < 1.29 is 14.7 Å². The van der Waals surface area contributed by atoms with E-state index in [2.05, 4.69) is 5.32 Å². The van der Waals surface area contributed by atoms with Gasteiger partial charge in [-0.2, -0.15) is 0 Å².